The number of anilines is 1. The Bertz CT molecular complexity index is 757. The van der Waals surface area contributed by atoms with Gasteiger partial charge in [0.15, 0.2) is 5.65 Å². The molecule has 0 aliphatic rings. The number of halogens is 1. The summed E-state index contributed by atoms with van der Waals surface area (Å²) < 4.78 is 1.74. The van der Waals surface area contributed by atoms with Crippen molar-refractivity contribution in [1.82, 2.24) is 14.6 Å². The number of nitrogens with zero attached hydrogens (tertiary/aromatic N) is 4. The van der Waals surface area contributed by atoms with Crippen molar-refractivity contribution in [2.45, 2.75) is 0 Å². The van der Waals surface area contributed by atoms with Crippen molar-refractivity contribution in [2.75, 3.05) is 25.1 Å². The molecule has 1 N–H and O–H groups in total. The average molecular weight is 303 g/mol. The maximum absolute atomic E-state index is 9.10. The highest BCUT2D eigenvalue weighted by Gasteiger charge is 2.12. The third-order valence-electron chi connectivity index (χ3n) is 3.27. The number of aliphatic hydroxyl groups excluding tert-OH is 1. The Morgan fingerprint density at radius 2 is 2.00 bits per heavy atom. The Kier molecular flexibility index (Phi) is 3.77. The summed E-state index contributed by atoms with van der Waals surface area (Å²) in [5.41, 5.74) is 2.54. The van der Waals surface area contributed by atoms with Crippen molar-refractivity contribution in [3.8, 4) is 11.3 Å². The summed E-state index contributed by atoms with van der Waals surface area (Å²) in [4.78, 5) is 6.19. The summed E-state index contributed by atoms with van der Waals surface area (Å²) >= 11 is 6.08. The van der Waals surface area contributed by atoms with E-state index in [1.54, 1.807) is 10.6 Å². The molecular weight excluding hydrogens is 288 g/mol. The smallest absolute Gasteiger partial charge is 0.159 e. The summed E-state index contributed by atoms with van der Waals surface area (Å²) in [5, 5.41) is 14.1. The normalized spacial score (nSPS) is 11.0. The topological polar surface area (TPSA) is 53.7 Å². The Hall–Kier alpha value is -2.11. The number of hydrogen-bond acceptors (Lipinski definition) is 4. The highest BCUT2D eigenvalue weighted by Crippen LogP contribution is 2.24. The number of benzene rings is 1. The zero-order chi connectivity index (χ0) is 14.8. The van der Waals surface area contributed by atoms with Gasteiger partial charge in [0.1, 0.15) is 11.0 Å². The second-order valence-electron chi connectivity index (χ2n) is 4.75. The molecule has 6 heteroatoms. The van der Waals surface area contributed by atoms with Gasteiger partial charge in [-0.1, -0.05) is 41.9 Å². The van der Waals surface area contributed by atoms with Crippen molar-refractivity contribution in [2.24, 2.45) is 0 Å². The van der Waals surface area contributed by atoms with Gasteiger partial charge in [0.25, 0.3) is 0 Å². The minimum atomic E-state index is 0.0603. The minimum Gasteiger partial charge on any atom is -0.395 e. The van der Waals surface area contributed by atoms with Crippen LogP contribution >= 0.6 is 11.6 Å². The molecule has 0 radical (unpaired) electrons. The molecule has 0 saturated heterocycles. The molecule has 0 aliphatic carbocycles. The Balaban J connectivity index is 2.14. The largest absolute Gasteiger partial charge is 0.395 e. The van der Waals surface area contributed by atoms with Crippen LogP contribution in [0, 0.1) is 0 Å². The van der Waals surface area contributed by atoms with Crippen LogP contribution in [0.4, 0.5) is 5.82 Å². The zero-order valence-corrected chi connectivity index (χ0v) is 12.3. The minimum absolute atomic E-state index is 0.0603. The summed E-state index contributed by atoms with van der Waals surface area (Å²) in [6, 6.07) is 13.6. The van der Waals surface area contributed by atoms with Crippen molar-refractivity contribution >= 4 is 23.1 Å². The molecule has 0 bridgehead atoms. The highest BCUT2D eigenvalue weighted by atomic mass is 35.5. The molecular formula is C15H15ClN4O. The van der Waals surface area contributed by atoms with E-state index in [4.69, 9.17) is 16.7 Å². The van der Waals surface area contributed by atoms with Crippen LogP contribution in [0.5, 0.6) is 0 Å². The van der Waals surface area contributed by atoms with Crippen LogP contribution in [-0.4, -0.2) is 39.9 Å². The quantitative estimate of drug-likeness (QED) is 0.752. The second kappa shape index (κ2) is 5.71. The monoisotopic (exact) mass is 302 g/mol. The molecule has 0 saturated carbocycles. The standard InChI is InChI=1S/C15H15ClN4O/c1-19(7-8-21)15-10-13(16)17-14-9-12(18-20(14)15)11-5-3-2-4-6-11/h2-6,9-10,21H,7-8H2,1H3. The van der Waals surface area contributed by atoms with Gasteiger partial charge in [-0.3, -0.25) is 0 Å². The average Bonchev–Trinajstić information content (AvgIpc) is 2.91. The molecule has 2 heterocycles. The van der Waals surface area contributed by atoms with E-state index in [2.05, 4.69) is 10.1 Å². The Morgan fingerprint density at radius 1 is 1.24 bits per heavy atom. The predicted molar refractivity (Wildman–Crippen MR) is 83.8 cm³/mol. The summed E-state index contributed by atoms with van der Waals surface area (Å²) in [5.74, 6) is 0.793. The van der Waals surface area contributed by atoms with Gasteiger partial charge in [0, 0.05) is 31.3 Å². The lowest BCUT2D eigenvalue weighted by molar-refractivity contribution is 0.303. The molecule has 5 nitrogen and oxygen atoms in total. The fourth-order valence-electron chi connectivity index (χ4n) is 2.22. The van der Waals surface area contributed by atoms with Gasteiger partial charge < -0.3 is 10.0 Å². The third-order valence-corrected chi connectivity index (χ3v) is 3.47. The van der Waals surface area contributed by atoms with Gasteiger partial charge in [-0.15, -0.1) is 0 Å². The molecule has 0 unspecified atom stereocenters. The van der Waals surface area contributed by atoms with Gasteiger partial charge in [-0.05, 0) is 0 Å². The van der Waals surface area contributed by atoms with Crippen LogP contribution in [0.15, 0.2) is 42.5 Å². The third kappa shape index (κ3) is 2.70. The number of rotatable bonds is 4. The number of likely N-dealkylation sites (N-methyl/N-ethyl adjacent to an activating group) is 1. The van der Waals surface area contributed by atoms with Gasteiger partial charge in [0.05, 0.1) is 12.3 Å². The van der Waals surface area contributed by atoms with Crippen LogP contribution in [0.2, 0.25) is 5.15 Å². The lowest BCUT2D eigenvalue weighted by Crippen LogP contribution is -2.23. The van der Waals surface area contributed by atoms with E-state index in [9.17, 15) is 0 Å². The van der Waals surface area contributed by atoms with Crippen molar-refractivity contribution in [3.05, 3.63) is 47.6 Å². The molecule has 0 amide bonds. The first kappa shape index (κ1) is 13.9. The molecule has 3 aromatic rings. The van der Waals surface area contributed by atoms with Gasteiger partial charge >= 0.3 is 0 Å². The zero-order valence-electron chi connectivity index (χ0n) is 11.6. The van der Waals surface area contributed by atoms with Crippen molar-refractivity contribution in [1.29, 1.82) is 0 Å². The van der Waals surface area contributed by atoms with E-state index in [0.717, 1.165) is 17.1 Å². The van der Waals surface area contributed by atoms with E-state index < -0.39 is 0 Å². The number of hydrogen-bond donors (Lipinski definition) is 1. The fourth-order valence-corrected chi connectivity index (χ4v) is 2.40. The number of aromatic nitrogens is 3. The fraction of sp³-hybridized carbons (Fsp3) is 0.200. The highest BCUT2D eigenvalue weighted by molar-refractivity contribution is 6.29. The van der Waals surface area contributed by atoms with E-state index in [1.165, 1.54) is 0 Å². The first-order valence-electron chi connectivity index (χ1n) is 6.63. The molecule has 0 atom stereocenters. The maximum atomic E-state index is 9.10. The maximum Gasteiger partial charge on any atom is 0.159 e. The van der Waals surface area contributed by atoms with E-state index >= 15 is 0 Å². The SMILES string of the molecule is CN(CCO)c1cc(Cl)nc2cc(-c3ccccc3)nn12. The van der Waals surface area contributed by atoms with Crippen LogP contribution in [0.3, 0.4) is 0 Å². The molecule has 3 rings (SSSR count). The summed E-state index contributed by atoms with van der Waals surface area (Å²) in [7, 11) is 1.88. The lowest BCUT2D eigenvalue weighted by atomic mass is 10.2. The molecule has 2 aromatic heterocycles. The molecule has 0 aliphatic heterocycles. The van der Waals surface area contributed by atoms with Crippen LogP contribution in [-0.2, 0) is 0 Å². The van der Waals surface area contributed by atoms with Crippen LogP contribution < -0.4 is 4.90 Å². The van der Waals surface area contributed by atoms with E-state index in [0.29, 0.717) is 17.3 Å². The van der Waals surface area contributed by atoms with Gasteiger partial charge in [-0.25, -0.2) is 4.98 Å². The van der Waals surface area contributed by atoms with E-state index in [1.807, 2.05) is 48.3 Å². The summed E-state index contributed by atoms with van der Waals surface area (Å²) in [6.45, 7) is 0.556. The number of aliphatic hydroxyl groups is 1. The Morgan fingerprint density at radius 3 is 2.71 bits per heavy atom. The van der Waals surface area contributed by atoms with Crippen molar-refractivity contribution in [3.63, 3.8) is 0 Å². The molecule has 0 spiro atoms. The first-order valence-corrected chi connectivity index (χ1v) is 7.00. The second-order valence-corrected chi connectivity index (χ2v) is 5.14. The molecule has 0 fully saturated rings. The summed E-state index contributed by atoms with van der Waals surface area (Å²) in [6.07, 6.45) is 0. The van der Waals surface area contributed by atoms with Gasteiger partial charge in [-0.2, -0.15) is 9.61 Å². The van der Waals surface area contributed by atoms with E-state index in [-0.39, 0.29) is 6.61 Å². The first-order chi connectivity index (χ1) is 10.2. The van der Waals surface area contributed by atoms with Crippen molar-refractivity contribution < 1.29 is 5.11 Å². The van der Waals surface area contributed by atoms with Crippen LogP contribution in [0.25, 0.3) is 16.9 Å². The molecule has 1 aromatic carbocycles. The molecule has 108 valence electrons. The predicted octanol–water partition coefficient (Wildman–Crippen LogP) is 2.48. The van der Waals surface area contributed by atoms with Crippen LogP contribution in [0.1, 0.15) is 0 Å². The lowest BCUT2D eigenvalue weighted by Gasteiger charge is -2.18. The van der Waals surface area contributed by atoms with Gasteiger partial charge in [0.2, 0.25) is 0 Å². The molecule has 21 heavy (non-hydrogen) atoms. The number of fused-ring (bicyclic) bond motifs is 1. The Labute approximate surface area is 127 Å².